The molecule has 2 heterocycles. The Balaban J connectivity index is 0.000000415. The van der Waals surface area contributed by atoms with Crippen LogP contribution in [0.4, 0.5) is 0 Å². The first-order chi connectivity index (χ1) is 9.12. The molecule has 19 heavy (non-hydrogen) atoms. The number of hydrogen-bond acceptors (Lipinski definition) is 1. The molecule has 0 spiro atoms. The summed E-state index contributed by atoms with van der Waals surface area (Å²) in [4.78, 5) is 13.7. The van der Waals surface area contributed by atoms with E-state index in [1.54, 1.807) is 0 Å². The molecule has 109 valence electrons. The molecular formula is C16H31BNO. The predicted octanol–water partition coefficient (Wildman–Crippen LogP) is 4.14. The third-order valence-corrected chi connectivity index (χ3v) is 4.97. The summed E-state index contributed by atoms with van der Waals surface area (Å²) in [5.41, 5.74) is 0. The van der Waals surface area contributed by atoms with E-state index in [0.29, 0.717) is 17.3 Å². The van der Waals surface area contributed by atoms with Gasteiger partial charge in [0.05, 0.1) is 0 Å². The van der Waals surface area contributed by atoms with Crippen LogP contribution >= 0.6 is 0 Å². The number of amides is 1. The Morgan fingerprint density at radius 1 is 1.21 bits per heavy atom. The molecule has 0 aromatic carbocycles. The maximum atomic E-state index is 11.7. The number of likely N-dealkylation sites (tertiary alicyclic amines) is 1. The third kappa shape index (κ3) is 3.17. The second kappa shape index (κ2) is 6.81. The summed E-state index contributed by atoms with van der Waals surface area (Å²) < 4.78 is 0. The molecular weight excluding hydrogens is 233 g/mol. The lowest BCUT2D eigenvalue weighted by Crippen LogP contribution is -2.46. The molecule has 3 heteroatoms. The second-order valence-corrected chi connectivity index (χ2v) is 5.87. The maximum absolute atomic E-state index is 11.7. The van der Waals surface area contributed by atoms with Gasteiger partial charge in [-0.2, -0.15) is 0 Å². The number of hydrogen-bond donors (Lipinski definition) is 0. The van der Waals surface area contributed by atoms with Gasteiger partial charge >= 0.3 is 0 Å². The standard InChI is InChI=1S/C12H19BNO.2C2H6/c1-12-7-3-4-9-8(11(12)13-12)5-6-10(15)14(9)2;2*1-2/h8-9,11H,3-7H2,1-2H3;2*1-2H3. The molecule has 0 aromatic heterocycles. The van der Waals surface area contributed by atoms with E-state index in [2.05, 4.69) is 14.2 Å². The largest absolute Gasteiger partial charge is 0.343 e. The van der Waals surface area contributed by atoms with E-state index in [-0.39, 0.29) is 0 Å². The summed E-state index contributed by atoms with van der Waals surface area (Å²) >= 11 is 0. The molecule has 1 amide bonds. The van der Waals surface area contributed by atoms with Gasteiger partial charge in [0, 0.05) is 19.5 Å². The van der Waals surface area contributed by atoms with Crippen molar-refractivity contribution < 1.29 is 4.79 Å². The highest BCUT2D eigenvalue weighted by molar-refractivity contribution is 6.56. The molecule has 2 saturated heterocycles. The zero-order valence-corrected chi connectivity index (χ0v) is 13.7. The van der Waals surface area contributed by atoms with E-state index < -0.39 is 0 Å². The first-order valence-corrected chi connectivity index (χ1v) is 8.23. The van der Waals surface area contributed by atoms with Crippen LogP contribution in [0.15, 0.2) is 0 Å². The Morgan fingerprint density at radius 3 is 2.47 bits per heavy atom. The number of carbonyl (C=O) groups excluding carboxylic acids is 1. The van der Waals surface area contributed by atoms with Crippen molar-refractivity contribution in [1.29, 1.82) is 0 Å². The van der Waals surface area contributed by atoms with E-state index in [1.165, 1.54) is 19.3 Å². The van der Waals surface area contributed by atoms with Crippen LogP contribution in [-0.2, 0) is 4.79 Å². The van der Waals surface area contributed by atoms with Crippen LogP contribution in [0.3, 0.4) is 0 Å². The van der Waals surface area contributed by atoms with Crippen LogP contribution in [-0.4, -0.2) is 31.2 Å². The van der Waals surface area contributed by atoms with Gasteiger partial charge in [-0.25, -0.2) is 0 Å². The normalized spacial score (nSPS) is 39.2. The summed E-state index contributed by atoms with van der Waals surface area (Å²) in [5.74, 6) is 1.93. The van der Waals surface area contributed by atoms with E-state index in [9.17, 15) is 4.79 Å². The van der Waals surface area contributed by atoms with Crippen LogP contribution in [0, 0.1) is 5.92 Å². The van der Waals surface area contributed by atoms with Crippen molar-refractivity contribution in [2.75, 3.05) is 7.05 Å². The number of rotatable bonds is 0. The fourth-order valence-electron chi connectivity index (χ4n) is 3.87. The molecule has 1 aliphatic carbocycles. The average Bonchev–Trinajstić information content (AvgIpc) is 3.12. The van der Waals surface area contributed by atoms with Crippen molar-refractivity contribution in [3.8, 4) is 0 Å². The molecule has 4 unspecified atom stereocenters. The molecule has 1 saturated carbocycles. The summed E-state index contributed by atoms with van der Waals surface area (Å²) in [7, 11) is 4.54. The van der Waals surface area contributed by atoms with Crippen molar-refractivity contribution in [3.63, 3.8) is 0 Å². The Bertz CT molecular complexity index is 307. The average molecular weight is 264 g/mol. The van der Waals surface area contributed by atoms with Gasteiger partial charge in [-0.1, -0.05) is 58.6 Å². The van der Waals surface area contributed by atoms with Crippen molar-refractivity contribution in [1.82, 2.24) is 4.90 Å². The lowest BCUT2D eigenvalue weighted by molar-refractivity contribution is -0.136. The zero-order valence-electron chi connectivity index (χ0n) is 13.7. The third-order valence-electron chi connectivity index (χ3n) is 4.97. The van der Waals surface area contributed by atoms with Crippen LogP contribution in [0.25, 0.3) is 0 Å². The molecule has 4 atom stereocenters. The van der Waals surface area contributed by atoms with Gasteiger partial charge in [0.2, 0.25) is 5.91 Å². The fourth-order valence-corrected chi connectivity index (χ4v) is 3.87. The molecule has 3 aliphatic rings. The minimum absolute atomic E-state index is 0.362. The maximum Gasteiger partial charge on any atom is 0.222 e. The first-order valence-electron chi connectivity index (χ1n) is 8.23. The van der Waals surface area contributed by atoms with Gasteiger partial charge in [0.25, 0.3) is 0 Å². The molecule has 3 rings (SSSR count). The smallest absolute Gasteiger partial charge is 0.222 e. The summed E-state index contributed by atoms with van der Waals surface area (Å²) in [6.07, 6.45) is 5.77. The number of piperidine rings is 1. The first kappa shape index (κ1) is 16.6. The summed E-state index contributed by atoms with van der Waals surface area (Å²) in [5, 5.41) is 0.528. The van der Waals surface area contributed by atoms with Crippen LogP contribution in [0.5, 0.6) is 0 Å². The van der Waals surface area contributed by atoms with Crippen LogP contribution in [0.1, 0.15) is 66.7 Å². The van der Waals surface area contributed by atoms with E-state index in [0.717, 1.165) is 24.6 Å². The summed E-state index contributed by atoms with van der Waals surface area (Å²) in [6.45, 7) is 10.4. The van der Waals surface area contributed by atoms with Crippen molar-refractivity contribution in [2.45, 2.75) is 83.9 Å². The minimum Gasteiger partial charge on any atom is -0.343 e. The highest BCUT2D eigenvalue weighted by Gasteiger charge is 2.58. The number of nitrogens with zero attached hydrogens (tertiary/aromatic N) is 1. The molecule has 3 fully saturated rings. The Kier molecular flexibility index (Phi) is 5.94. The van der Waals surface area contributed by atoms with Gasteiger partial charge in [0.1, 0.15) is 7.28 Å². The topological polar surface area (TPSA) is 20.3 Å². The minimum atomic E-state index is 0.362. The molecule has 0 aromatic rings. The second-order valence-electron chi connectivity index (χ2n) is 5.87. The van der Waals surface area contributed by atoms with E-state index in [4.69, 9.17) is 0 Å². The van der Waals surface area contributed by atoms with Gasteiger partial charge in [0.15, 0.2) is 0 Å². The van der Waals surface area contributed by atoms with E-state index in [1.807, 2.05) is 39.6 Å². The Labute approximate surface area is 120 Å². The number of carbonyl (C=O) groups is 1. The highest BCUT2D eigenvalue weighted by atomic mass is 16.2. The SMILES string of the molecule is CC.CC.CN1C(=O)CCC2C1CCCC1(C)[B]C21. The van der Waals surface area contributed by atoms with Crippen molar-refractivity contribution in [2.24, 2.45) is 5.92 Å². The molecule has 1 radical (unpaired) electrons. The highest BCUT2D eigenvalue weighted by Crippen LogP contribution is 2.67. The lowest BCUT2D eigenvalue weighted by Gasteiger charge is -2.39. The Morgan fingerprint density at radius 2 is 1.84 bits per heavy atom. The predicted molar refractivity (Wildman–Crippen MR) is 83.7 cm³/mol. The lowest BCUT2D eigenvalue weighted by atomic mass is 9.77. The Hall–Kier alpha value is -0.465. The van der Waals surface area contributed by atoms with Crippen molar-refractivity contribution >= 4 is 13.2 Å². The van der Waals surface area contributed by atoms with Gasteiger partial charge in [-0.05, 0) is 18.8 Å². The molecule has 0 N–H and O–H groups in total. The zero-order chi connectivity index (χ0) is 14.6. The van der Waals surface area contributed by atoms with Gasteiger partial charge in [-0.15, -0.1) is 0 Å². The van der Waals surface area contributed by atoms with Gasteiger partial charge in [-0.3, -0.25) is 4.79 Å². The van der Waals surface area contributed by atoms with Crippen LogP contribution in [0.2, 0.25) is 11.1 Å². The number of fused-ring (bicyclic) bond motifs is 3. The quantitative estimate of drug-likeness (QED) is 0.602. The molecule has 0 bridgehead atoms. The molecule has 2 nitrogen and oxygen atoms in total. The van der Waals surface area contributed by atoms with Gasteiger partial charge < -0.3 is 4.90 Å². The van der Waals surface area contributed by atoms with Crippen molar-refractivity contribution in [3.05, 3.63) is 0 Å². The van der Waals surface area contributed by atoms with Crippen LogP contribution < -0.4 is 0 Å². The monoisotopic (exact) mass is 264 g/mol. The molecule has 2 aliphatic heterocycles. The van der Waals surface area contributed by atoms with E-state index >= 15 is 0 Å². The fraction of sp³-hybridized carbons (Fsp3) is 0.938. The summed E-state index contributed by atoms with van der Waals surface area (Å²) in [6, 6.07) is 0.539.